The van der Waals surface area contributed by atoms with Gasteiger partial charge in [0.25, 0.3) is 0 Å². The van der Waals surface area contributed by atoms with E-state index in [-0.39, 0.29) is 43.8 Å². The van der Waals surface area contributed by atoms with Crippen molar-refractivity contribution in [3.05, 3.63) is 35.5 Å². The molecule has 2 heteroatoms. The molecule has 5 unspecified atom stereocenters. The topological polar surface area (TPSA) is 20.2 Å². The Balaban J connectivity index is 0.00000300. The fourth-order valence-corrected chi connectivity index (χ4v) is 6.66. The molecule has 158 valence electrons. The third kappa shape index (κ3) is 6.24. The summed E-state index contributed by atoms with van der Waals surface area (Å²) in [5.41, 5.74) is 4.72. The average Bonchev–Trinajstić information content (AvgIpc) is 2.99. The zero-order valence-electron chi connectivity index (χ0n) is 19.7. The number of fused-ring (bicyclic) bond motifs is 1. The quantitative estimate of drug-likeness (QED) is 0.446. The van der Waals surface area contributed by atoms with Crippen molar-refractivity contribution in [3.8, 4) is 0 Å². The second-order valence-electron chi connectivity index (χ2n) is 10.8. The van der Waals surface area contributed by atoms with Crippen LogP contribution < -0.4 is 0 Å². The van der Waals surface area contributed by atoms with Crippen molar-refractivity contribution in [3.63, 3.8) is 0 Å². The molecule has 1 nitrogen and oxygen atoms in total. The molecular formula is C27H44CaO+2. The standard InChI is InChI=1S/C27H44O.Ca/c1-19(2)8-6-9-21(4)25-15-16-26-22(10-7-17-27(25,26)5)12-13-23-18-24(28)14-11-20(23)3;/h12-13,19,21,24-26,28H,3,6-11,14-18H2,1-2,4-5H3;/q;+2/b22-12+,23-13-;. The Labute approximate surface area is 210 Å². The smallest absolute Gasteiger partial charge is 0.393 e. The van der Waals surface area contributed by atoms with Crippen LogP contribution in [0, 0.1) is 29.1 Å². The van der Waals surface area contributed by atoms with Crippen molar-refractivity contribution in [1.29, 1.82) is 0 Å². The van der Waals surface area contributed by atoms with E-state index in [0.29, 0.717) is 5.41 Å². The number of aliphatic hydroxyl groups is 1. The molecule has 0 aromatic carbocycles. The summed E-state index contributed by atoms with van der Waals surface area (Å²) in [7, 11) is 0. The van der Waals surface area contributed by atoms with E-state index in [9.17, 15) is 5.11 Å². The van der Waals surface area contributed by atoms with Gasteiger partial charge in [0, 0.05) is 0 Å². The first-order valence-electron chi connectivity index (χ1n) is 12.1. The van der Waals surface area contributed by atoms with E-state index in [1.165, 1.54) is 62.5 Å². The Morgan fingerprint density at radius 1 is 1.10 bits per heavy atom. The predicted octanol–water partition coefficient (Wildman–Crippen LogP) is 7.24. The third-order valence-corrected chi connectivity index (χ3v) is 8.35. The molecule has 0 aliphatic heterocycles. The fraction of sp³-hybridized carbons (Fsp3) is 0.778. The molecule has 1 N–H and O–H groups in total. The van der Waals surface area contributed by atoms with Gasteiger partial charge in [0.15, 0.2) is 0 Å². The first-order chi connectivity index (χ1) is 13.3. The van der Waals surface area contributed by atoms with Gasteiger partial charge >= 0.3 is 37.7 Å². The second kappa shape index (κ2) is 11.3. The van der Waals surface area contributed by atoms with Gasteiger partial charge in [-0.15, -0.1) is 0 Å². The Morgan fingerprint density at radius 2 is 1.86 bits per heavy atom. The van der Waals surface area contributed by atoms with Gasteiger partial charge in [-0.2, -0.15) is 0 Å². The van der Waals surface area contributed by atoms with E-state index < -0.39 is 0 Å². The zero-order valence-corrected chi connectivity index (χ0v) is 21.9. The van der Waals surface area contributed by atoms with E-state index in [1.807, 2.05) is 0 Å². The van der Waals surface area contributed by atoms with Crippen LogP contribution in [0.3, 0.4) is 0 Å². The summed E-state index contributed by atoms with van der Waals surface area (Å²) in [4.78, 5) is 0. The Hall–Kier alpha value is 0.440. The van der Waals surface area contributed by atoms with Crippen LogP contribution in [0.5, 0.6) is 0 Å². The summed E-state index contributed by atoms with van der Waals surface area (Å²) in [5, 5.41) is 10.0. The summed E-state index contributed by atoms with van der Waals surface area (Å²) in [5.74, 6) is 3.37. The van der Waals surface area contributed by atoms with Crippen LogP contribution >= 0.6 is 0 Å². The maximum Gasteiger partial charge on any atom is 2.00 e. The maximum absolute atomic E-state index is 10.0. The predicted molar refractivity (Wildman–Crippen MR) is 127 cm³/mol. The number of rotatable bonds is 6. The Morgan fingerprint density at radius 3 is 2.59 bits per heavy atom. The molecule has 0 heterocycles. The molecule has 5 atom stereocenters. The molecule has 0 bridgehead atoms. The van der Waals surface area contributed by atoms with Gasteiger partial charge in [-0.1, -0.05) is 76.8 Å². The van der Waals surface area contributed by atoms with Crippen LogP contribution in [-0.2, 0) is 0 Å². The van der Waals surface area contributed by atoms with E-state index in [1.54, 1.807) is 5.57 Å². The molecule has 0 saturated heterocycles. The van der Waals surface area contributed by atoms with Gasteiger partial charge in [0.2, 0.25) is 0 Å². The molecule has 0 aromatic rings. The monoisotopic (exact) mass is 424 g/mol. The summed E-state index contributed by atoms with van der Waals surface area (Å²) in [6.07, 6.45) is 18.2. The fourth-order valence-electron chi connectivity index (χ4n) is 6.66. The normalized spacial score (nSPS) is 36.3. The Bertz CT molecular complexity index is 616. The van der Waals surface area contributed by atoms with Crippen molar-refractivity contribution in [1.82, 2.24) is 0 Å². The van der Waals surface area contributed by atoms with Crippen LogP contribution in [0.4, 0.5) is 0 Å². The SMILES string of the molecule is C=C1CCC(O)C/C1=C/C=C1\CCCC2(C)C1CCC2C(C)CCCC(C)C.[Ca+2]. The van der Waals surface area contributed by atoms with E-state index in [0.717, 1.165) is 42.9 Å². The second-order valence-corrected chi connectivity index (χ2v) is 10.8. The van der Waals surface area contributed by atoms with Crippen LogP contribution in [0.25, 0.3) is 0 Å². The van der Waals surface area contributed by atoms with Gasteiger partial charge in [-0.3, -0.25) is 0 Å². The van der Waals surface area contributed by atoms with Gasteiger partial charge in [-0.05, 0) is 86.0 Å². The summed E-state index contributed by atoms with van der Waals surface area (Å²) in [6.45, 7) is 14.1. The summed E-state index contributed by atoms with van der Waals surface area (Å²) < 4.78 is 0. The molecule has 3 rings (SSSR count). The van der Waals surface area contributed by atoms with E-state index in [4.69, 9.17) is 0 Å². The third-order valence-electron chi connectivity index (χ3n) is 8.35. The van der Waals surface area contributed by atoms with Gasteiger partial charge in [0.1, 0.15) is 0 Å². The Kier molecular flexibility index (Phi) is 10.1. The van der Waals surface area contributed by atoms with Crippen molar-refractivity contribution in [2.45, 2.75) is 104 Å². The summed E-state index contributed by atoms with van der Waals surface area (Å²) in [6, 6.07) is 0. The van der Waals surface area contributed by atoms with Crippen LogP contribution in [0.2, 0.25) is 0 Å². The molecular weight excluding hydrogens is 380 g/mol. The molecule has 0 aromatic heterocycles. The molecule has 3 fully saturated rings. The first-order valence-corrected chi connectivity index (χ1v) is 12.1. The van der Waals surface area contributed by atoms with Crippen molar-refractivity contribution in [2.24, 2.45) is 29.1 Å². The van der Waals surface area contributed by atoms with E-state index >= 15 is 0 Å². The molecule has 3 aliphatic rings. The van der Waals surface area contributed by atoms with Crippen molar-refractivity contribution < 1.29 is 5.11 Å². The van der Waals surface area contributed by atoms with Crippen LogP contribution in [0.15, 0.2) is 35.5 Å². The molecule has 0 amide bonds. The van der Waals surface area contributed by atoms with E-state index in [2.05, 4.69) is 46.4 Å². The summed E-state index contributed by atoms with van der Waals surface area (Å²) >= 11 is 0. The zero-order chi connectivity index (χ0) is 20.3. The van der Waals surface area contributed by atoms with Crippen LogP contribution in [0.1, 0.15) is 98.3 Å². The first kappa shape index (κ1) is 25.7. The molecule has 3 aliphatic carbocycles. The number of hydrogen-bond acceptors (Lipinski definition) is 1. The minimum atomic E-state index is -0.172. The largest absolute Gasteiger partial charge is 2.00 e. The minimum Gasteiger partial charge on any atom is -0.393 e. The van der Waals surface area contributed by atoms with Crippen molar-refractivity contribution in [2.75, 3.05) is 0 Å². The maximum atomic E-state index is 10.0. The average molecular weight is 425 g/mol. The molecule has 0 radical (unpaired) electrons. The number of hydrogen-bond donors (Lipinski definition) is 1. The van der Waals surface area contributed by atoms with Gasteiger partial charge in [0.05, 0.1) is 6.10 Å². The number of allylic oxidation sites excluding steroid dienone is 4. The van der Waals surface area contributed by atoms with Crippen LogP contribution in [-0.4, -0.2) is 48.9 Å². The van der Waals surface area contributed by atoms with Crippen molar-refractivity contribution >= 4 is 37.7 Å². The molecule has 0 spiro atoms. The van der Waals surface area contributed by atoms with Gasteiger partial charge < -0.3 is 5.11 Å². The number of aliphatic hydroxyl groups excluding tert-OH is 1. The molecule has 29 heavy (non-hydrogen) atoms. The minimum absolute atomic E-state index is 0. The van der Waals surface area contributed by atoms with Gasteiger partial charge in [-0.25, -0.2) is 0 Å². The molecule has 3 saturated carbocycles.